The Morgan fingerprint density at radius 1 is 1.19 bits per heavy atom. The fourth-order valence-electron chi connectivity index (χ4n) is 4.10. The van der Waals surface area contributed by atoms with Crippen LogP contribution in [0.3, 0.4) is 0 Å². The molecule has 0 amide bonds. The molecule has 0 aliphatic heterocycles. The van der Waals surface area contributed by atoms with Crippen molar-refractivity contribution in [2.45, 2.75) is 59.3 Å². The molecule has 0 unspecified atom stereocenters. The van der Waals surface area contributed by atoms with Crippen LogP contribution in [0.25, 0.3) is 0 Å². The second-order valence-corrected chi connectivity index (χ2v) is 10.5. The van der Waals surface area contributed by atoms with Crippen LogP contribution < -0.4 is 12.9 Å². The fourth-order valence-corrected chi connectivity index (χ4v) is 5.16. The monoisotopic (exact) mass is 483 g/mol. The van der Waals surface area contributed by atoms with Crippen molar-refractivity contribution in [1.82, 2.24) is 0 Å². The third-order valence-corrected chi connectivity index (χ3v) is 6.88. The molecule has 0 radical (unpaired) electrons. The Morgan fingerprint density at radius 2 is 1.78 bits per heavy atom. The van der Waals surface area contributed by atoms with E-state index in [0.717, 1.165) is 81.9 Å². The van der Waals surface area contributed by atoms with E-state index in [1.54, 1.807) is 0 Å². The molecule has 0 bridgehead atoms. The van der Waals surface area contributed by atoms with Crippen molar-refractivity contribution < 1.29 is 14.6 Å². The van der Waals surface area contributed by atoms with E-state index in [-0.39, 0.29) is 0 Å². The van der Waals surface area contributed by atoms with Crippen LogP contribution in [-0.2, 0) is 4.79 Å². The molecule has 1 fully saturated rings. The first-order chi connectivity index (χ1) is 15.2. The van der Waals surface area contributed by atoms with Gasteiger partial charge >= 0.3 is 160 Å². The van der Waals surface area contributed by atoms with Gasteiger partial charge in [0.2, 0.25) is 0 Å². The van der Waals surface area contributed by atoms with Crippen LogP contribution in [0.15, 0.2) is 30.3 Å². The van der Waals surface area contributed by atoms with E-state index in [1.807, 2.05) is 6.07 Å². The van der Waals surface area contributed by atoms with Crippen LogP contribution in [0.4, 0.5) is 5.69 Å². The predicted octanol–water partition coefficient (Wildman–Crippen LogP) is 5.98. The van der Waals surface area contributed by atoms with Gasteiger partial charge in [0.15, 0.2) is 0 Å². The van der Waals surface area contributed by atoms with Crippen LogP contribution >= 0.6 is 23.8 Å². The average molecular weight is 484 g/mol. The van der Waals surface area contributed by atoms with Gasteiger partial charge in [-0.3, -0.25) is 4.79 Å². The molecule has 0 aromatic heterocycles. The zero-order valence-electron chi connectivity index (χ0n) is 19.5. The number of anilines is 1. The second kappa shape index (κ2) is 13.6. The number of aryl methyl sites for hydroxylation is 2. The molecular weight excluding hydrogens is 453 g/mol. The third kappa shape index (κ3) is 9.03. The standard InChI is InChI=1S/C23H27ClNOS.C2H4O2.Na/c1-16-14-19(26-13-12-18-8-4-3-5-9-18)15-17(2)22(16)23(27)25-21-11-7-6-10-20(21)24;1-2(3)4;/h6,10-11,14-15,18H,3-5,8-9,12-13H2,1-2H3,(H,25,27);1H3,(H,3,4);. The van der Waals surface area contributed by atoms with Crippen LogP contribution in [-0.4, -0.2) is 50.6 Å². The molecule has 1 aliphatic carbocycles. The number of ether oxygens (including phenoxy) is 1. The summed E-state index contributed by atoms with van der Waals surface area (Å²) in [5.74, 6) is 0.950. The first kappa shape index (κ1) is 27.1. The number of carboxylic acids is 1. The van der Waals surface area contributed by atoms with Crippen molar-refractivity contribution in [3.8, 4) is 5.75 Å². The number of hydrogen-bond acceptors (Lipinski definition) is 3. The van der Waals surface area contributed by atoms with Crippen LogP contribution in [0.1, 0.15) is 62.1 Å². The molecule has 0 saturated heterocycles. The van der Waals surface area contributed by atoms with E-state index in [9.17, 15) is 0 Å². The Balaban J connectivity index is 0.000000837. The van der Waals surface area contributed by atoms with Crippen molar-refractivity contribution >= 4 is 71.2 Å². The molecule has 1 aliphatic rings. The van der Waals surface area contributed by atoms with Gasteiger partial charge in [-0.05, 0) is 5.92 Å². The molecule has 32 heavy (non-hydrogen) atoms. The molecule has 3 rings (SSSR count). The summed E-state index contributed by atoms with van der Waals surface area (Å²) in [5, 5.41) is 11.4. The summed E-state index contributed by atoms with van der Waals surface area (Å²) >= 11 is 13.0. The zero-order chi connectivity index (χ0) is 23.7. The molecule has 1 saturated carbocycles. The van der Waals surface area contributed by atoms with E-state index in [1.165, 1.54) is 34.9 Å². The number of hydrogen-bond donors (Lipinski definition) is 2. The van der Waals surface area contributed by atoms with E-state index in [0.29, 0.717) is 10.0 Å². The number of thiocarbonyl (C=S) groups is 1. The predicted molar refractivity (Wildman–Crippen MR) is 138 cm³/mol. The third-order valence-electron chi connectivity index (χ3n) is 5.62. The summed E-state index contributed by atoms with van der Waals surface area (Å²) in [4.78, 5) is 9.71. The van der Waals surface area contributed by atoms with Gasteiger partial charge in [-0.1, -0.05) is 32.1 Å². The molecule has 2 aromatic rings. The van der Waals surface area contributed by atoms with E-state index >= 15 is 0 Å². The Kier molecular flexibility index (Phi) is 11.5. The van der Waals surface area contributed by atoms with Gasteiger partial charge in [-0.15, -0.1) is 0 Å². The fraction of sp³-hybridized carbons (Fsp3) is 0.440. The summed E-state index contributed by atoms with van der Waals surface area (Å²) in [5.41, 5.74) is 4.20. The number of benzene rings is 2. The second-order valence-electron chi connectivity index (χ2n) is 8.53. The van der Waals surface area contributed by atoms with E-state index in [4.69, 9.17) is 38.5 Å². The van der Waals surface area contributed by atoms with Crippen molar-refractivity contribution in [2.75, 3.05) is 11.9 Å². The van der Waals surface area contributed by atoms with Crippen molar-refractivity contribution in [2.24, 2.45) is 5.92 Å². The Hall–Kier alpha value is -1.11. The van der Waals surface area contributed by atoms with Crippen LogP contribution in [0.2, 0.25) is 5.02 Å². The SMILES string of the molecule is CC(=O)O.Cc1cc(OCCC2CCCCC2)cc(C)c1C(=S)Nc1c[c]([Na])ccc1Cl. The Bertz CT molecular complexity index is 918. The number of nitrogens with one attached hydrogen (secondary N) is 1. The Labute approximate surface area is 219 Å². The topological polar surface area (TPSA) is 58.6 Å². The van der Waals surface area contributed by atoms with Crippen LogP contribution in [0, 0.1) is 19.8 Å². The summed E-state index contributed by atoms with van der Waals surface area (Å²) in [6.07, 6.45) is 8.06. The molecule has 7 heteroatoms. The molecular formula is C25H31ClNNaO3S. The minimum atomic E-state index is -0.833. The average Bonchev–Trinajstić information content (AvgIpc) is 2.71. The van der Waals surface area contributed by atoms with Crippen molar-refractivity contribution in [3.63, 3.8) is 0 Å². The maximum atomic E-state index is 9.00. The number of rotatable bonds is 6. The maximum absolute atomic E-state index is 9.00. The Morgan fingerprint density at radius 3 is 2.38 bits per heavy atom. The molecule has 2 aromatic carbocycles. The normalized spacial score (nSPS) is 13.7. The summed E-state index contributed by atoms with van der Waals surface area (Å²) in [6.45, 7) is 6.07. The first-order valence-corrected chi connectivity index (χ1v) is 13.0. The van der Waals surface area contributed by atoms with Crippen molar-refractivity contribution in [3.05, 3.63) is 52.0 Å². The van der Waals surface area contributed by atoms with Gasteiger partial charge < -0.3 is 5.11 Å². The van der Waals surface area contributed by atoms with Gasteiger partial charge in [0.05, 0.1) is 0 Å². The van der Waals surface area contributed by atoms with Crippen molar-refractivity contribution in [1.29, 1.82) is 0 Å². The van der Waals surface area contributed by atoms with Gasteiger partial charge in [0, 0.05) is 6.92 Å². The quantitative estimate of drug-likeness (QED) is 0.391. The molecule has 0 atom stereocenters. The minimum absolute atomic E-state index is 0.694. The molecule has 168 valence electrons. The zero-order valence-corrected chi connectivity index (χ0v) is 23.0. The van der Waals surface area contributed by atoms with E-state index in [2.05, 4.69) is 43.4 Å². The number of halogens is 1. The summed E-state index contributed by atoms with van der Waals surface area (Å²) in [6, 6.07) is 10.3. The van der Waals surface area contributed by atoms with Gasteiger partial charge in [0.25, 0.3) is 5.97 Å². The number of carboxylic acid groups (broad SMARTS) is 1. The molecule has 4 nitrogen and oxygen atoms in total. The van der Waals surface area contributed by atoms with Gasteiger partial charge in [-0.2, -0.15) is 0 Å². The van der Waals surface area contributed by atoms with Gasteiger partial charge in [-0.25, -0.2) is 0 Å². The molecule has 0 spiro atoms. The van der Waals surface area contributed by atoms with Gasteiger partial charge in [0.1, 0.15) is 0 Å². The summed E-state index contributed by atoms with van der Waals surface area (Å²) < 4.78 is 7.36. The number of carbonyl (C=O) groups is 1. The molecule has 0 heterocycles. The number of aliphatic carboxylic acids is 1. The van der Waals surface area contributed by atoms with Crippen LogP contribution in [0.5, 0.6) is 5.75 Å². The molecule has 2 N–H and O–H groups in total. The first-order valence-electron chi connectivity index (χ1n) is 11.2. The van der Waals surface area contributed by atoms with E-state index < -0.39 is 5.97 Å². The summed E-state index contributed by atoms with van der Waals surface area (Å²) in [7, 11) is 0.